The number of carbonyl (C=O) groups is 2. The number of ether oxygens (including phenoxy) is 2. The number of hydrogen-bond donors (Lipinski definition) is 0. The fraction of sp³-hybridized carbons (Fsp3) is 0.333. The number of allylic oxidation sites excluding steroid dienone is 1. The molecule has 0 N–H and O–H groups in total. The summed E-state index contributed by atoms with van der Waals surface area (Å²) in [5, 5.41) is 0.493. The van der Waals surface area contributed by atoms with Gasteiger partial charge in [0.2, 0.25) is 0 Å². The average molecular weight is 297 g/mol. The van der Waals surface area contributed by atoms with Crippen LogP contribution < -0.4 is 4.74 Å². The number of aldehydes is 1. The van der Waals surface area contributed by atoms with E-state index in [2.05, 4.69) is 0 Å². The summed E-state index contributed by atoms with van der Waals surface area (Å²) in [6.07, 6.45) is 3.55. The van der Waals surface area contributed by atoms with E-state index in [9.17, 15) is 9.59 Å². The summed E-state index contributed by atoms with van der Waals surface area (Å²) < 4.78 is 10.5. The summed E-state index contributed by atoms with van der Waals surface area (Å²) in [7, 11) is 0. The van der Waals surface area contributed by atoms with Crippen molar-refractivity contribution in [1.82, 2.24) is 0 Å². The maximum absolute atomic E-state index is 11.5. The fourth-order valence-corrected chi connectivity index (χ4v) is 1.58. The maximum atomic E-state index is 11.5. The topological polar surface area (TPSA) is 52.6 Å². The van der Waals surface area contributed by atoms with E-state index in [0.717, 1.165) is 0 Å². The summed E-state index contributed by atoms with van der Waals surface area (Å²) >= 11 is 5.97. The number of carbonyl (C=O) groups excluding carboxylic acids is 2. The van der Waals surface area contributed by atoms with Crippen LogP contribution in [-0.2, 0) is 14.3 Å². The molecule has 0 aromatic heterocycles. The maximum Gasteiger partial charge on any atom is 0.344 e. The van der Waals surface area contributed by atoms with Gasteiger partial charge in [-0.05, 0) is 50.6 Å². The Kier molecular flexibility index (Phi) is 5.77. The van der Waals surface area contributed by atoms with Gasteiger partial charge in [0.05, 0.1) is 0 Å². The minimum atomic E-state index is -0.543. The summed E-state index contributed by atoms with van der Waals surface area (Å²) in [6.45, 7) is 5.18. The van der Waals surface area contributed by atoms with Gasteiger partial charge in [-0.3, -0.25) is 4.79 Å². The van der Waals surface area contributed by atoms with Crippen LogP contribution in [0.4, 0.5) is 0 Å². The third-order valence-corrected chi connectivity index (χ3v) is 2.44. The van der Waals surface area contributed by atoms with Crippen molar-refractivity contribution in [2.24, 2.45) is 0 Å². The second-order valence-corrected chi connectivity index (χ2v) is 5.46. The third kappa shape index (κ3) is 5.89. The molecule has 0 radical (unpaired) electrons. The lowest BCUT2D eigenvalue weighted by atomic mass is 10.2. The molecule has 0 fully saturated rings. The van der Waals surface area contributed by atoms with Gasteiger partial charge in [-0.25, -0.2) is 4.79 Å². The Hall–Kier alpha value is -1.81. The smallest absolute Gasteiger partial charge is 0.344 e. The Morgan fingerprint density at radius 2 is 2.05 bits per heavy atom. The Bertz CT molecular complexity index is 515. The van der Waals surface area contributed by atoms with Gasteiger partial charge >= 0.3 is 5.97 Å². The molecule has 0 aliphatic heterocycles. The number of esters is 1. The van der Waals surface area contributed by atoms with E-state index in [4.69, 9.17) is 21.1 Å². The number of hydrogen-bond acceptors (Lipinski definition) is 4. The lowest BCUT2D eigenvalue weighted by Gasteiger charge is -2.19. The Morgan fingerprint density at radius 3 is 2.65 bits per heavy atom. The van der Waals surface area contributed by atoms with Gasteiger partial charge in [-0.2, -0.15) is 0 Å². The highest BCUT2D eigenvalue weighted by Crippen LogP contribution is 2.23. The van der Waals surface area contributed by atoms with Crippen LogP contribution in [0.3, 0.4) is 0 Å². The van der Waals surface area contributed by atoms with Crippen molar-refractivity contribution >= 4 is 29.9 Å². The molecule has 0 saturated heterocycles. The summed E-state index contributed by atoms with van der Waals surface area (Å²) in [5.74, 6) is 0.0308. The SMILES string of the molecule is CC(C)(C)OC(=O)COc1ccc(Cl)c(C=CC=O)c1. The number of rotatable bonds is 5. The van der Waals surface area contributed by atoms with E-state index in [-0.39, 0.29) is 6.61 Å². The fourth-order valence-electron chi connectivity index (χ4n) is 1.40. The molecule has 0 bridgehead atoms. The first-order valence-electron chi connectivity index (χ1n) is 6.08. The standard InChI is InChI=1S/C15H17ClO4/c1-15(2,3)20-14(18)10-19-12-6-7-13(16)11(9-12)5-4-8-17/h4-9H,10H2,1-3H3. The second-order valence-electron chi connectivity index (χ2n) is 5.05. The predicted octanol–water partition coefficient (Wildman–Crippen LogP) is 3.27. The van der Waals surface area contributed by atoms with Crippen LogP contribution in [-0.4, -0.2) is 24.5 Å². The molecule has 0 spiro atoms. The molecular formula is C15H17ClO4. The van der Waals surface area contributed by atoms with E-state index >= 15 is 0 Å². The number of halogens is 1. The predicted molar refractivity (Wildman–Crippen MR) is 77.9 cm³/mol. The minimum Gasteiger partial charge on any atom is -0.482 e. The molecular weight excluding hydrogens is 280 g/mol. The van der Waals surface area contributed by atoms with Crippen LogP contribution >= 0.6 is 11.6 Å². The van der Waals surface area contributed by atoms with Gasteiger partial charge in [0, 0.05) is 5.02 Å². The molecule has 1 aromatic carbocycles. The van der Waals surface area contributed by atoms with Gasteiger partial charge in [0.15, 0.2) is 6.61 Å². The largest absolute Gasteiger partial charge is 0.482 e. The van der Waals surface area contributed by atoms with Gasteiger partial charge in [-0.1, -0.05) is 17.7 Å². The van der Waals surface area contributed by atoms with E-state index < -0.39 is 11.6 Å². The molecule has 20 heavy (non-hydrogen) atoms. The monoisotopic (exact) mass is 296 g/mol. The van der Waals surface area contributed by atoms with Crippen LogP contribution in [0, 0.1) is 0 Å². The normalized spacial score (nSPS) is 11.4. The van der Waals surface area contributed by atoms with Gasteiger partial charge in [0.25, 0.3) is 0 Å². The summed E-state index contributed by atoms with van der Waals surface area (Å²) in [5.41, 5.74) is 0.0960. The molecule has 0 amide bonds. The second kappa shape index (κ2) is 7.10. The first-order valence-corrected chi connectivity index (χ1v) is 6.45. The Morgan fingerprint density at radius 1 is 1.35 bits per heavy atom. The van der Waals surface area contributed by atoms with Crippen LogP contribution in [0.15, 0.2) is 24.3 Å². The highest BCUT2D eigenvalue weighted by molar-refractivity contribution is 6.32. The lowest BCUT2D eigenvalue weighted by Crippen LogP contribution is -2.27. The van der Waals surface area contributed by atoms with E-state index in [0.29, 0.717) is 22.6 Å². The van der Waals surface area contributed by atoms with Gasteiger partial charge < -0.3 is 9.47 Å². The zero-order valence-corrected chi connectivity index (χ0v) is 12.4. The highest BCUT2D eigenvalue weighted by atomic mass is 35.5. The van der Waals surface area contributed by atoms with Crippen LogP contribution in [0.2, 0.25) is 5.02 Å². The Balaban J connectivity index is 2.67. The molecule has 4 nitrogen and oxygen atoms in total. The van der Waals surface area contributed by atoms with E-state index in [1.54, 1.807) is 45.0 Å². The van der Waals surface area contributed by atoms with Gasteiger partial charge in [-0.15, -0.1) is 0 Å². The number of benzene rings is 1. The van der Waals surface area contributed by atoms with Crippen LogP contribution in [0.25, 0.3) is 6.08 Å². The first-order chi connectivity index (χ1) is 9.31. The van der Waals surface area contributed by atoms with Crippen molar-refractivity contribution in [1.29, 1.82) is 0 Å². The molecule has 0 aliphatic rings. The van der Waals surface area contributed by atoms with Crippen molar-refractivity contribution in [2.75, 3.05) is 6.61 Å². The van der Waals surface area contributed by atoms with Crippen LogP contribution in [0.5, 0.6) is 5.75 Å². The first kappa shape index (κ1) is 16.2. The van der Waals surface area contributed by atoms with Gasteiger partial charge in [0.1, 0.15) is 17.6 Å². The van der Waals surface area contributed by atoms with Crippen molar-refractivity contribution in [3.05, 3.63) is 34.9 Å². The molecule has 0 atom stereocenters. The van der Waals surface area contributed by atoms with Crippen molar-refractivity contribution in [3.8, 4) is 5.75 Å². The molecule has 1 rings (SSSR count). The third-order valence-electron chi connectivity index (χ3n) is 2.10. The summed E-state index contributed by atoms with van der Waals surface area (Å²) in [6, 6.07) is 4.92. The summed E-state index contributed by atoms with van der Waals surface area (Å²) in [4.78, 5) is 21.8. The minimum absolute atomic E-state index is 0.185. The lowest BCUT2D eigenvalue weighted by molar-refractivity contribution is -0.157. The molecule has 5 heteroatoms. The quantitative estimate of drug-likeness (QED) is 0.475. The molecule has 108 valence electrons. The highest BCUT2D eigenvalue weighted by Gasteiger charge is 2.16. The van der Waals surface area contributed by atoms with Crippen molar-refractivity contribution in [3.63, 3.8) is 0 Å². The van der Waals surface area contributed by atoms with Crippen molar-refractivity contribution in [2.45, 2.75) is 26.4 Å². The molecule has 0 unspecified atom stereocenters. The molecule has 0 aliphatic carbocycles. The van der Waals surface area contributed by atoms with Crippen molar-refractivity contribution < 1.29 is 19.1 Å². The average Bonchev–Trinajstić information content (AvgIpc) is 2.34. The van der Waals surface area contributed by atoms with E-state index in [1.165, 1.54) is 6.08 Å². The molecule has 1 aromatic rings. The molecule has 0 saturated carbocycles. The zero-order chi connectivity index (χ0) is 15.2. The molecule has 0 heterocycles. The van der Waals surface area contributed by atoms with E-state index in [1.807, 2.05) is 0 Å². The Labute approximate surface area is 123 Å². The van der Waals surface area contributed by atoms with Crippen LogP contribution in [0.1, 0.15) is 26.3 Å². The zero-order valence-electron chi connectivity index (χ0n) is 11.7.